The molecule has 8 heteroatoms. The summed E-state index contributed by atoms with van der Waals surface area (Å²) in [6, 6.07) is 6.97. The predicted molar refractivity (Wildman–Crippen MR) is 103 cm³/mol. The van der Waals surface area contributed by atoms with E-state index in [1.165, 1.54) is 13.1 Å². The number of hydrogen-bond donors (Lipinski definition) is 2. The number of aromatic nitrogens is 3. The zero-order valence-corrected chi connectivity index (χ0v) is 15.0. The van der Waals surface area contributed by atoms with Crippen LogP contribution >= 0.6 is 11.6 Å². The molecule has 0 aliphatic heterocycles. The van der Waals surface area contributed by atoms with E-state index in [4.69, 9.17) is 11.6 Å². The maximum absolute atomic E-state index is 12.4. The molecule has 1 aliphatic carbocycles. The molecule has 1 aromatic carbocycles. The molecule has 2 aromatic heterocycles. The molecule has 1 saturated carbocycles. The van der Waals surface area contributed by atoms with Crippen LogP contribution in [-0.4, -0.2) is 20.3 Å². The Morgan fingerprint density at radius 3 is 2.92 bits per heavy atom. The minimum atomic E-state index is -0.362. The number of aromatic amines is 1. The summed E-state index contributed by atoms with van der Waals surface area (Å²) in [6.07, 6.45) is 5.67. The number of halogens is 1. The molecule has 0 unspecified atom stereocenters. The Morgan fingerprint density at radius 1 is 1.35 bits per heavy atom. The van der Waals surface area contributed by atoms with Gasteiger partial charge in [-0.1, -0.05) is 11.6 Å². The van der Waals surface area contributed by atoms with Crippen molar-refractivity contribution in [3.05, 3.63) is 61.9 Å². The van der Waals surface area contributed by atoms with Gasteiger partial charge in [0.25, 0.3) is 5.56 Å². The van der Waals surface area contributed by atoms with Crippen LogP contribution in [0, 0.1) is 5.92 Å². The van der Waals surface area contributed by atoms with E-state index in [9.17, 15) is 9.59 Å². The summed E-state index contributed by atoms with van der Waals surface area (Å²) in [7, 11) is 1.48. The average molecular weight is 372 g/mol. The minimum absolute atomic E-state index is 0.332. The lowest BCUT2D eigenvalue weighted by atomic mass is 10.2. The number of rotatable bonds is 5. The highest BCUT2D eigenvalue weighted by Gasteiger charge is 2.24. The molecule has 3 aromatic rings. The number of benzene rings is 1. The maximum atomic E-state index is 12.4. The smallest absolute Gasteiger partial charge is 0.332 e. The highest BCUT2D eigenvalue weighted by Crippen LogP contribution is 2.30. The molecule has 134 valence electrons. The van der Waals surface area contributed by atoms with Crippen molar-refractivity contribution < 1.29 is 0 Å². The van der Waals surface area contributed by atoms with Crippen molar-refractivity contribution in [2.75, 3.05) is 5.43 Å². The Labute approximate surface area is 153 Å². The van der Waals surface area contributed by atoms with Gasteiger partial charge in [0.2, 0.25) is 0 Å². The SMILES string of the molecule is Cn1c(=O)cc(NN=Cc2c[nH]c3ccc(Cl)cc23)n(CC2CC2)c1=O. The first-order chi connectivity index (χ1) is 12.5. The second kappa shape index (κ2) is 6.49. The molecule has 0 amide bonds. The van der Waals surface area contributed by atoms with Crippen molar-refractivity contribution in [1.29, 1.82) is 0 Å². The van der Waals surface area contributed by atoms with Gasteiger partial charge in [0.1, 0.15) is 5.82 Å². The molecule has 4 rings (SSSR count). The van der Waals surface area contributed by atoms with E-state index in [1.54, 1.807) is 10.8 Å². The fourth-order valence-corrected chi connectivity index (χ4v) is 3.06. The van der Waals surface area contributed by atoms with Gasteiger partial charge in [0.05, 0.1) is 6.21 Å². The van der Waals surface area contributed by atoms with E-state index in [1.807, 2.05) is 24.4 Å². The number of hydrazone groups is 1. The van der Waals surface area contributed by atoms with E-state index in [0.29, 0.717) is 23.3 Å². The monoisotopic (exact) mass is 371 g/mol. The van der Waals surface area contributed by atoms with Crippen LogP contribution in [0.25, 0.3) is 10.9 Å². The van der Waals surface area contributed by atoms with Crippen LogP contribution < -0.4 is 16.7 Å². The normalized spacial score (nSPS) is 14.4. The van der Waals surface area contributed by atoms with Crippen molar-refractivity contribution in [3.63, 3.8) is 0 Å². The summed E-state index contributed by atoms with van der Waals surface area (Å²) in [5, 5.41) is 5.81. The lowest BCUT2D eigenvalue weighted by Gasteiger charge is -2.12. The minimum Gasteiger partial charge on any atom is -0.361 e. The maximum Gasteiger partial charge on any atom is 0.332 e. The number of anilines is 1. The van der Waals surface area contributed by atoms with E-state index in [0.717, 1.165) is 33.9 Å². The van der Waals surface area contributed by atoms with Gasteiger partial charge in [0.15, 0.2) is 0 Å². The summed E-state index contributed by atoms with van der Waals surface area (Å²) in [6.45, 7) is 0.591. The van der Waals surface area contributed by atoms with Crippen molar-refractivity contribution in [1.82, 2.24) is 14.1 Å². The van der Waals surface area contributed by atoms with E-state index < -0.39 is 0 Å². The molecular weight excluding hydrogens is 354 g/mol. The molecule has 26 heavy (non-hydrogen) atoms. The molecule has 0 atom stereocenters. The van der Waals surface area contributed by atoms with Crippen LogP contribution in [0.1, 0.15) is 18.4 Å². The van der Waals surface area contributed by atoms with Crippen LogP contribution in [0.5, 0.6) is 0 Å². The molecular formula is C18H18ClN5O2. The van der Waals surface area contributed by atoms with Crippen LogP contribution in [0.3, 0.4) is 0 Å². The first kappa shape index (κ1) is 16.7. The standard InChI is InChI=1S/C18H18ClN5O2/c1-23-17(25)7-16(24(18(23)26)10-11-2-3-11)22-21-9-12-8-20-15-5-4-13(19)6-14(12)15/h4-9,11,20,22H,2-3,10H2,1H3. The predicted octanol–water partition coefficient (Wildman–Crippen LogP) is 2.54. The van der Waals surface area contributed by atoms with Crippen molar-refractivity contribution in [3.8, 4) is 0 Å². The third kappa shape index (κ3) is 3.17. The van der Waals surface area contributed by atoms with Gasteiger partial charge in [-0.25, -0.2) is 4.79 Å². The number of nitrogens with zero attached hydrogens (tertiary/aromatic N) is 3. The molecule has 7 nitrogen and oxygen atoms in total. The van der Waals surface area contributed by atoms with E-state index in [-0.39, 0.29) is 11.2 Å². The van der Waals surface area contributed by atoms with Crippen molar-refractivity contribution in [2.24, 2.45) is 18.1 Å². The van der Waals surface area contributed by atoms with Gasteiger partial charge >= 0.3 is 5.69 Å². The summed E-state index contributed by atoms with van der Waals surface area (Å²) in [5.74, 6) is 0.893. The Bertz CT molecular complexity index is 1120. The summed E-state index contributed by atoms with van der Waals surface area (Å²) < 4.78 is 2.68. The van der Waals surface area contributed by atoms with Gasteiger partial charge in [-0.2, -0.15) is 5.10 Å². The molecule has 0 spiro atoms. The second-order valence-electron chi connectivity index (χ2n) is 6.57. The molecule has 2 heterocycles. The largest absolute Gasteiger partial charge is 0.361 e. The number of hydrogen-bond acceptors (Lipinski definition) is 4. The average Bonchev–Trinajstić information content (AvgIpc) is 3.36. The number of H-pyrrole nitrogens is 1. The fourth-order valence-electron chi connectivity index (χ4n) is 2.89. The van der Waals surface area contributed by atoms with E-state index >= 15 is 0 Å². The van der Waals surface area contributed by atoms with Crippen molar-refractivity contribution in [2.45, 2.75) is 19.4 Å². The molecule has 0 saturated heterocycles. The molecule has 0 bridgehead atoms. The van der Waals surface area contributed by atoms with Gasteiger partial charge in [-0.3, -0.25) is 19.4 Å². The second-order valence-corrected chi connectivity index (χ2v) is 7.00. The molecule has 1 fully saturated rings. The van der Waals surface area contributed by atoms with Gasteiger partial charge < -0.3 is 4.98 Å². The van der Waals surface area contributed by atoms with Gasteiger partial charge in [-0.05, 0) is 37.0 Å². The number of nitrogens with one attached hydrogen (secondary N) is 2. The molecule has 2 N–H and O–H groups in total. The van der Waals surface area contributed by atoms with Crippen LogP contribution in [0.4, 0.5) is 5.82 Å². The van der Waals surface area contributed by atoms with Gasteiger partial charge in [0, 0.05) is 47.3 Å². The van der Waals surface area contributed by atoms with Gasteiger partial charge in [-0.15, -0.1) is 0 Å². The Balaban J connectivity index is 1.64. The quantitative estimate of drug-likeness (QED) is 0.534. The Morgan fingerprint density at radius 2 is 2.15 bits per heavy atom. The third-order valence-corrected chi connectivity index (χ3v) is 4.83. The summed E-state index contributed by atoms with van der Waals surface area (Å²) in [5.41, 5.74) is 3.96. The highest BCUT2D eigenvalue weighted by molar-refractivity contribution is 6.31. The zero-order chi connectivity index (χ0) is 18.3. The Kier molecular flexibility index (Phi) is 4.16. The van der Waals surface area contributed by atoms with Crippen LogP contribution in [-0.2, 0) is 13.6 Å². The highest BCUT2D eigenvalue weighted by atomic mass is 35.5. The fraction of sp³-hybridized carbons (Fsp3) is 0.278. The molecule has 1 aliphatic rings. The van der Waals surface area contributed by atoms with Crippen LogP contribution in [0.15, 0.2) is 45.2 Å². The van der Waals surface area contributed by atoms with E-state index in [2.05, 4.69) is 15.5 Å². The third-order valence-electron chi connectivity index (χ3n) is 4.60. The lowest BCUT2D eigenvalue weighted by molar-refractivity contribution is 0.564. The zero-order valence-electron chi connectivity index (χ0n) is 14.2. The van der Waals surface area contributed by atoms with Crippen LogP contribution in [0.2, 0.25) is 5.02 Å². The van der Waals surface area contributed by atoms with Crippen molar-refractivity contribution >= 4 is 34.5 Å². The first-order valence-corrected chi connectivity index (χ1v) is 8.77. The lowest BCUT2D eigenvalue weighted by Crippen LogP contribution is -2.38. The first-order valence-electron chi connectivity index (χ1n) is 8.39. The summed E-state index contributed by atoms with van der Waals surface area (Å²) in [4.78, 5) is 27.5. The molecule has 0 radical (unpaired) electrons. The topological polar surface area (TPSA) is 84.2 Å². The Hall–Kier alpha value is -2.80. The summed E-state index contributed by atoms with van der Waals surface area (Å²) >= 11 is 6.05. The number of fused-ring (bicyclic) bond motifs is 1.